The number of fused-ring (bicyclic) bond motifs is 1. The first kappa shape index (κ1) is 19.6. The van der Waals surface area contributed by atoms with Gasteiger partial charge in [-0.3, -0.25) is 9.59 Å². The number of hydrazone groups is 1. The van der Waals surface area contributed by atoms with Crippen molar-refractivity contribution in [2.75, 3.05) is 13.1 Å². The monoisotopic (exact) mass is 401 g/mol. The van der Waals surface area contributed by atoms with Crippen LogP contribution in [-0.4, -0.2) is 41.1 Å². The third kappa shape index (κ3) is 4.17. The van der Waals surface area contributed by atoms with Crippen LogP contribution >= 0.6 is 0 Å². The van der Waals surface area contributed by atoms with Crippen LogP contribution in [0, 0.1) is 5.92 Å². The average Bonchev–Trinajstić information content (AvgIpc) is 2.80. The van der Waals surface area contributed by atoms with Gasteiger partial charge in [0.1, 0.15) is 5.75 Å². The molecule has 0 radical (unpaired) electrons. The summed E-state index contributed by atoms with van der Waals surface area (Å²) in [7, 11) is 0. The fourth-order valence-corrected chi connectivity index (χ4v) is 3.78. The van der Waals surface area contributed by atoms with Crippen molar-refractivity contribution in [3.8, 4) is 5.75 Å². The lowest BCUT2D eigenvalue weighted by Gasteiger charge is -2.31. The van der Waals surface area contributed by atoms with Gasteiger partial charge in [-0.2, -0.15) is 5.10 Å². The first-order chi connectivity index (χ1) is 14.6. The van der Waals surface area contributed by atoms with Gasteiger partial charge in [0.15, 0.2) is 0 Å². The van der Waals surface area contributed by atoms with Crippen molar-refractivity contribution in [3.63, 3.8) is 0 Å². The second-order valence-electron chi connectivity index (χ2n) is 7.39. The minimum absolute atomic E-state index is 0.00101. The Balaban J connectivity index is 1.35. The molecule has 0 atom stereocenters. The zero-order chi connectivity index (χ0) is 20.9. The molecule has 30 heavy (non-hydrogen) atoms. The minimum atomic E-state index is -0.192. The summed E-state index contributed by atoms with van der Waals surface area (Å²) in [4.78, 5) is 26.8. The quantitative estimate of drug-likeness (QED) is 0.518. The number of hydrogen-bond acceptors (Lipinski definition) is 4. The van der Waals surface area contributed by atoms with Crippen molar-refractivity contribution >= 4 is 28.8 Å². The van der Waals surface area contributed by atoms with Crippen molar-refractivity contribution < 1.29 is 14.7 Å². The molecule has 152 valence electrons. The van der Waals surface area contributed by atoms with Gasteiger partial charge in [0.25, 0.3) is 5.91 Å². The van der Waals surface area contributed by atoms with Gasteiger partial charge in [-0.25, -0.2) is 5.43 Å². The number of aromatic hydroxyl groups is 1. The molecule has 0 saturated carbocycles. The van der Waals surface area contributed by atoms with Crippen molar-refractivity contribution in [1.29, 1.82) is 0 Å². The largest absolute Gasteiger partial charge is 0.507 e. The molecule has 6 heteroatoms. The third-order valence-corrected chi connectivity index (χ3v) is 5.49. The Morgan fingerprint density at radius 1 is 0.967 bits per heavy atom. The number of carbonyl (C=O) groups is 2. The summed E-state index contributed by atoms with van der Waals surface area (Å²) in [5.41, 5.74) is 3.82. The second-order valence-corrected chi connectivity index (χ2v) is 7.39. The van der Waals surface area contributed by atoms with Gasteiger partial charge >= 0.3 is 0 Å². The van der Waals surface area contributed by atoms with E-state index >= 15 is 0 Å². The topological polar surface area (TPSA) is 82.0 Å². The highest BCUT2D eigenvalue weighted by atomic mass is 16.3. The van der Waals surface area contributed by atoms with Crippen molar-refractivity contribution in [3.05, 3.63) is 77.9 Å². The van der Waals surface area contributed by atoms with Gasteiger partial charge < -0.3 is 10.0 Å². The maximum atomic E-state index is 12.5. The molecular formula is C24H23N3O3. The van der Waals surface area contributed by atoms with E-state index in [1.165, 1.54) is 6.21 Å². The highest BCUT2D eigenvalue weighted by Crippen LogP contribution is 2.25. The highest BCUT2D eigenvalue weighted by molar-refractivity contribution is 6.02. The fourth-order valence-electron chi connectivity index (χ4n) is 3.78. The number of benzene rings is 3. The molecular weight excluding hydrogens is 378 g/mol. The number of phenolic OH excluding ortho intramolecular Hbond substituents is 1. The molecule has 4 rings (SSSR count). The number of hydrogen-bond donors (Lipinski definition) is 2. The second kappa shape index (κ2) is 8.78. The summed E-state index contributed by atoms with van der Waals surface area (Å²) in [5.74, 6) is -0.251. The standard InChI is InChI=1S/C24H23N3O3/c28-22-11-10-17-6-4-5-9-20(17)21(22)16-25-26-23(29)18-12-14-27(15-13-18)24(30)19-7-2-1-3-8-19/h1-11,16,18,28H,12-15H2,(H,26,29)/b25-16-. The van der Waals surface area contributed by atoms with E-state index in [-0.39, 0.29) is 23.5 Å². The first-order valence-corrected chi connectivity index (χ1v) is 10.0. The van der Waals surface area contributed by atoms with E-state index in [1.807, 2.05) is 48.5 Å². The van der Waals surface area contributed by atoms with Crippen LogP contribution in [0.3, 0.4) is 0 Å². The van der Waals surface area contributed by atoms with Crippen LogP contribution < -0.4 is 5.43 Å². The lowest BCUT2D eigenvalue weighted by atomic mass is 9.95. The van der Waals surface area contributed by atoms with Crippen LogP contribution in [0.2, 0.25) is 0 Å². The number of amides is 2. The number of nitrogens with zero attached hydrogens (tertiary/aromatic N) is 2. The third-order valence-electron chi connectivity index (χ3n) is 5.49. The number of carbonyl (C=O) groups excluding carboxylic acids is 2. The summed E-state index contributed by atoms with van der Waals surface area (Å²) in [5, 5.41) is 16.1. The molecule has 1 heterocycles. The molecule has 0 unspecified atom stereocenters. The van der Waals surface area contributed by atoms with Gasteiger partial charge in [-0.05, 0) is 41.8 Å². The molecule has 0 bridgehead atoms. The van der Waals surface area contributed by atoms with Gasteiger partial charge in [-0.15, -0.1) is 0 Å². The molecule has 2 N–H and O–H groups in total. The van der Waals surface area contributed by atoms with Gasteiger partial charge in [-0.1, -0.05) is 48.5 Å². The zero-order valence-corrected chi connectivity index (χ0v) is 16.5. The van der Waals surface area contributed by atoms with E-state index in [4.69, 9.17) is 0 Å². The molecule has 2 amide bonds. The Bertz CT molecular complexity index is 1090. The Kier molecular flexibility index (Phi) is 5.75. The van der Waals surface area contributed by atoms with Gasteiger partial charge in [0, 0.05) is 30.1 Å². The number of phenols is 1. The molecule has 0 aliphatic carbocycles. The minimum Gasteiger partial charge on any atom is -0.507 e. The van der Waals surface area contributed by atoms with Crippen molar-refractivity contribution in [2.24, 2.45) is 11.0 Å². The van der Waals surface area contributed by atoms with Crippen LogP contribution in [0.25, 0.3) is 10.8 Å². The Morgan fingerprint density at radius 3 is 2.43 bits per heavy atom. The Morgan fingerprint density at radius 2 is 1.67 bits per heavy atom. The van der Waals surface area contributed by atoms with Crippen molar-refractivity contribution in [2.45, 2.75) is 12.8 Å². The lowest BCUT2D eigenvalue weighted by Crippen LogP contribution is -2.42. The summed E-state index contributed by atoms with van der Waals surface area (Å²) in [6, 6.07) is 20.3. The van der Waals surface area contributed by atoms with Gasteiger partial charge in [0.2, 0.25) is 5.91 Å². The predicted molar refractivity (Wildman–Crippen MR) is 116 cm³/mol. The lowest BCUT2D eigenvalue weighted by molar-refractivity contribution is -0.126. The molecule has 1 aliphatic heterocycles. The Hall–Kier alpha value is -3.67. The smallest absolute Gasteiger partial charge is 0.253 e. The summed E-state index contributed by atoms with van der Waals surface area (Å²) in [6.45, 7) is 1.08. The average molecular weight is 401 g/mol. The molecule has 6 nitrogen and oxygen atoms in total. The van der Waals surface area contributed by atoms with E-state index in [1.54, 1.807) is 23.1 Å². The molecule has 3 aromatic carbocycles. The molecule has 1 saturated heterocycles. The predicted octanol–water partition coefficient (Wildman–Crippen LogP) is 3.55. The fraction of sp³-hybridized carbons (Fsp3) is 0.208. The van der Waals surface area contributed by atoms with Crippen molar-refractivity contribution in [1.82, 2.24) is 10.3 Å². The van der Waals surface area contributed by atoms with E-state index < -0.39 is 0 Å². The maximum Gasteiger partial charge on any atom is 0.253 e. The molecule has 0 aromatic heterocycles. The van der Waals surface area contributed by atoms with Crippen LogP contribution in [0.1, 0.15) is 28.8 Å². The summed E-state index contributed by atoms with van der Waals surface area (Å²) < 4.78 is 0. The molecule has 3 aromatic rings. The normalized spacial score (nSPS) is 14.9. The number of piperidine rings is 1. The summed E-state index contributed by atoms with van der Waals surface area (Å²) >= 11 is 0. The van der Waals surface area contributed by atoms with E-state index in [9.17, 15) is 14.7 Å². The number of nitrogens with one attached hydrogen (secondary N) is 1. The molecule has 1 fully saturated rings. The zero-order valence-electron chi connectivity index (χ0n) is 16.5. The summed E-state index contributed by atoms with van der Waals surface area (Å²) in [6.07, 6.45) is 2.67. The van der Waals surface area contributed by atoms with E-state index in [0.29, 0.717) is 37.1 Å². The van der Waals surface area contributed by atoms with Crippen LogP contribution in [-0.2, 0) is 4.79 Å². The molecule has 0 spiro atoms. The first-order valence-electron chi connectivity index (χ1n) is 10.0. The number of likely N-dealkylation sites (tertiary alicyclic amines) is 1. The van der Waals surface area contributed by atoms with E-state index in [0.717, 1.165) is 10.8 Å². The Labute approximate surface area is 174 Å². The van der Waals surface area contributed by atoms with Crippen LogP contribution in [0.4, 0.5) is 0 Å². The highest BCUT2D eigenvalue weighted by Gasteiger charge is 2.27. The number of rotatable bonds is 4. The SMILES string of the molecule is O=C(N/N=C\c1c(O)ccc2ccccc12)C1CCN(C(=O)c2ccccc2)CC1. The van der Waals surface area contributed by atoms with Crippen LogP contribution in [0.5, 0.6) is 5.75 Å². The van der Waals surface area contributed by atoms with Crippen LogP contribution in [0.15, 0.2) is 71.8 Å². The maximum absolute atomic E-state index is 12.5. The van der Waals surface area contributed by atoms with E-state index in [2.05, 4.69) is 10.5 Å². The molecule has 1 aliphatic rings. The van der Waals surface area contributed by atoms with Gasteiger partial charge in [0.05, 0.1) is 6.21 Å².